The van der Waals surface area contributed by atoms with Crippen molar-refractivity contribution in [2.24, 2.45) is 0 Å². The molecule has 25 heavy (non-hydrogen) atoms. The maximum Gasteiger partial charge on any atom is 0.331 e. The van der Waals surface area contributed by atoms with Crippen molar-refractivity contribution in [2.75, 3.05) is 6.61 Å². The Balaban J connectivity index is 1.68. The molecule has 0 heterocycles. The first-order chi connectivity index (χ1) is 12.0. The van der Waals surface area contributed by atoms with Crippen molar-refractivity contribution >= 4 is 35.6 Å². The molecule has 0 aromatic heterocycles. The zero-order chi connectivity index (χ0) is 18.1. The monoisotopic (exact) mass is 364 g/mol. The van der Waals surface area contributed by atoms with Crippen LogP contribution in [0.15, 0.2) is 30.3 Å². The van der Waals surface area contributed by atoms with Crippen LogP contribution in [0.1, 0.15) is 37.7 Å². The van der Waals surface area contributed by atoms with Crippen LogP contribution in [0, 0.1) is 0 Å². The lowest BCUT2D eigenvalue weighted by molar-refractivity contribution is -0.143. The summed E-state index contributed by atoms with van der Waals surface area (Å²) in [6.07, 6.45) is 7.90. The van der Waals surface area contributed by atoms with E-state index in [-0.39, 0.29) is 6.04 Å². The zero-order valence-electron chi connectivity index (χ0n) is 13.8. The summed E-state index contributed by atoms with van der Waals surface area (Å²) in [6.45, 7) is -0.517. The highest BCUT2D eigenvalue weighted by Crippen LogP contribution is 2.17. The van der Waals surface area contributed by atoms with Crippen LogP contribution in [-0.4, -0.2) is 30.6 Å². The molecule has 1 aliphatic rings. The van der Waals surface area contributed by atoms with Crippen molar-refractivity contribution in [1.82, 2.24) is 10.6 Å². The summed E-state index contributed by atoms with van der Waals surface area (Å²) < 4.78 is 4.80. The summed E-state index contributed by atoms with van der Waals surface area (Å²) in [7, 11) is 0. The summed E-state index contributed by atoms with van der Waals surface area (Å²) in [6, 6.07) is 6.49. The molecule has 0 saturated heterocycles. The number of hydrogen-bond acceptors (Lipinski definition) is 4. The van der Waals surface area contributed by atoms with Crippen molar-refractivity contribution in [3.63, 3.8) is 0 Å². The molecule has 3 amide bonds. The Bertz CT molecular complexity index is 654. The fraction of sp³-hybridized carbons (Fsp3) is 0.389. The van der Waals surface area contributed by atoms with Gasteiger partial charge in [0.05, 0.1) is 0 Å². The molecule has 1 aromatic carbocycles. The molecule has 6 nitrogen and oxygen atoms in total. The van der Waals surface area contributed by atoms with E-state index in [1.807, 2.05) is 0 Å². The van der Waals surface area contributed by atoms with E-state index in [1.54, 1.807) is 24.3 Å². The molecule has 0 radical (unpaired) electrons. The summed E-state index contributed by atoms with van der Waals surface area (Å²) >= 11 is 5.84. The molecule has 0 unspecified atom stereocenters. The number of nitrogens with one attached hydrogen (secondary N) is 2. The van der Waals surface area contributed by atoms with E-state index >= 15 is 0 Å². The molecule has 0 bridgehead atoms. The summed E-state index contributed by atoms with van der Waals surface area (Å²) in [5.41, 5.74) is 0.737. The van der Waals surface area contributed by atoms with Gasteiger partial charge in [-0.15, -0.1) is 0 Å². The highest BCUT2D eigenvalue weighted by molar-refractivity contribution is 6.30. The van der Waals surface area contributed by atoms with E-state index in [9.17, 15) is 14.4 Å². The molecular weight excluding hydrogens is 344 g/mol. The van der Waals surface area contributed by atoms with Crippen molar-refractivity contribution < 1.29 is 19.1 Å². The molecule has 0 aliphatic heterocycles. The fourth-order valence-corrected chi connectivity index (χ4v) is 2.79. The maximum absolute atomic E-state index is 11.7. The van der Waals surface area contributed by atoms with Crippen LogP contribution in [0.2, 0.25) is 5.02 Å². The lowest BCUT2D eigenvalue weighted by atomic mass is 9.96. The van der Waals surface area contributed by atoms with Crippen molar-refractivity contribution in [2.45, 2.75) is 38.1 Å². The molecule has 1 aliphatic carbocycles. The first kappa shape index (κ1) is 19.0. The van der Waals surface area contributed by atoms with Crippen molar-refractivity contribution in [1.29, 1.82) is 0 Å². The third kappa shape index (κ3) is 7.39. The average molecular weight is 365 g/mol. The highest BCUT2D eigenvalue weighted by atomic mass is 35.5. The minimum atomic E-state index is -0.678. The molecule has 2 rings (SSSR count). The first-order valence-electron chi connectivity index (χ1n) is 8.23. The number of carbonyl (C=O) groups is 3. The van der Waals surface area contributed by atoms with Gasteiger partial charge in [0, 0.05) is 17.1 Å². The molecule has 1 saturated carbocycles. The van der Waals surface area contributed by atoms with Gasteiger partial charge in [0.1, 0.15) is 0 Å². The lowest BCUT2D eigenvalue weighted by Gasteiger charge is -2.22. The molecule has 0 atom stereocenters. The molecule has 2 N–H and O–H groups in total. The van der Waals surface area contributed by atoms with Crippen LogP contribution in [0.25, 0.3) is 6.08 Å². The molecule has 0 spiro atoms. The highest BCUT2D eigenvalue weighted by Gasteiger charge is 2.17. The van der Waals surface area contributed by atoms with Crippen molar-refractivity contribution in [3.05, 3.63) is 40.9 Å². The van der Waals surface area contributed by atoms with E-state index in [1.165, 1.54) is 18.6 Å². The van der Waals surface area contributed by atoms with Crippen LogP contribution in [0.3, 0.4) is 0 Å². The SMILES string of the molecule is O=C(COC(=O)/C=C/c1cccc(Cl)c1)NC(=O)NC1CCCCC1. The van der Waals surface area contributed by atoms with E-state index in [0.29, 0.717) is 5.02 Å². The second-order valence-electron chi connectivity index (χ2n) is 5.85. The second-order valence-corrected chi connectivity index (χ2v) is 6.29. The predicted molar refractivity (Wildman–Crippen MR) is 95.0 cm³/mol. The normalized spacial score (nSPS) is 14.9. The number of rotatable bonds is 5. The zero-order valence-corrected chi connectivity index (χ0v) is 14.6. The van der Waals surface area contributed by atoms with Gasteiger partial charge in [0.25, 0.3) is 5.91 Å². The Morgan fingerprint density at radius 3 is 2.68 bits per heavy atom. The van der Waals surface area contributed by atoms with Gasteiger partial charge in [-0.3, -0.25) is 10.1 Å². The maximum atomic E-state index is 11.7. The van der Waals surface area contributed by atoms with Gasteiger partial charge < -0.3 is 10.1 Å². The Kier molecular flexibility index (Phi) is 7.47. The minimum absolute atomic E-state index is 0.102. The van der Waals surface area contributed by atoms with E-state index in [2.05, 4.69) is 10.6 Å². The van der Waals surface area contributed by atoms with Crippen LogP contribution in [0.4, 0.5) is 4.79 Å². The number of ether oxygens (including phenoxy) is 1. The van der Waals surface area contributed by atoms with Crippen LogP contribution in [0.5, 0.6) is 0 Å². The third-order valence-electron chi connectivity index (χ3n) is 3.80. The smallest absolute Gasteiger partial charge is 0.331 e. The number of urea groups is 1. The van der Waals surface area contributed by atoms with Crippen molar-refractivity contribution in [3.8, 4) is 0 Å². The fourth-order valence-electron chi connectivity index (χ4n) is 2.59. The largest absolute Gasteiger partial charge is 0.452 e. The number of halogens is 1. The van der Waals surface area contributed by atoms with Gasteiger partial charge in [-0.25, -0.2) is 9.59 Å². The van der Waals surface area contributed by atoms with Crippen LogP contribution < -0.4 is 10.6 Å². The first-order valence-corrected chi connectivity index (χ1v) is 8.61. The van der Waals surface area contributed by atoms with Gasteiger partial charge in [-0.05, 0) is 36.6 Å². The topological polar surface area (TPSA) is 84.5 Å². The third-order valence-corrected chi connectivity index (χ3v) is 4.03. The number of imide groups is 1. The Morgan fingerprint density at radius 2 is 1.96 bits per heavy atom. The van der Waals surface area contributed by atoms with Gasteiger partial charge in [0.2, 0.25) is 0 Å². The number of carbonyl (C=O) groups excluding carboxylic acids is 3. The quantitative estimate of drug-likeness (QED) is 0.621. The summed E-state index contributed by atoms with van der Waals surface area (Å²) in [5, 5.41) is 5.46. The van der Waals surface area contributed by atoms with Gasteiger partial charge in [-0.1, -0.05) is 43.0 Å². The number of amides is 3. The van der Waals surface area contributed by atoms with Crippen LogP contribution in [-0.2, 0) is 14.3 Å². The Hall–Kier alpha value is -2.34. The van der Waals surface area contributed by atoms with E-state index in [4.69, 9.17) is 16.3 Å². The molecule has 7 heteroatoms. The minimum Gasteiger partial charge on any atom is -0.452 e. The summed E-state index contributed by atoms with van der Waals surface area (Å²) in [5.74, 6) is -1.35. The molecule has 1 aromatic rings. The average Bonchev–Trinajstić information content (AvgIpc) is 2.59. The Morgan fingerprint density at radius 1 is 1.20 bits per heavy atom. The molecular formula is C18H21ClN2O4. The predicted octanol–water partition coefficient (Wildman–Crippen LogP) is 3.05. The second kappa shape index (κ2) is 9.84. The number of esters is 1. The van der Waals surface area contributed by atoms with E-state index < -0.39 is 24.5 Å². The van der Waals surface area contributed by atoms with Gasteiger partial charge in [0.15, 0.2) is 6.61 Å². The number of hydrogen-bond donors (Lipinski definition) is 2. The van der Waals surface area contributed by atoms with Gasteiger partial charge in [-0.2, -0.15) is 0 Å². The van der Waals surface area contributed by atoms with Gasteiger partial charge >= 0.3 is 12.0 Å². The molecule has 1 fully saturated rings. The summed E-state index contributed by atoms with van der Waals surface area (Å²) in [4.78, 5) is 34.9. The Labute approximate surface area is 151 Å². The van der Waals surface area contributed by atoms with E-state index in [0.717, 1.165) is 31.2 Å². The van der Waals surface area contributed by atoms with Crippen LogP contribution >= 0.6 is 11.6 Å². The molecule has 134 valence electrons. The number of benzene rings is 1. The lowest BCUT2D eigenvalue weighted by Crippen LogP contribution is -2.46. The standard InChI is InChI=1S/C18H21ClN2O4/c19-14-6-4-5-13(11-14)9-10-17(23)25-12-16(22)21-18(24)20-15-7-2-1-3-8-15/h4-6,9-11,15H,1-3,7-8,12H2,(H2,20,21,22,24)/b10-9+.